The summed E-state index contributed by atoms with van der Waals surface area (Å²) in [5.41, 5.74) is 6.32. The van der Waals surface area contributed by atoms with Gasteiger partial charge in [0, 0.05) is 11.6 Å². The molecule has 1 aliphatic carbocycles. The minimum absolute atomic E-state index is 0.0323. The fourth-order valence-corrected chi connectivity index (χ4v) is 1.91. The topological polar surface area (TPSA) is 83.6 Å². The molecule has 0 aromatic heterocycles. The van der Waals surface area contributed by atoms with Crippen LogP contribution in [0.15, 0.2) is 18.2 Å². The lowest BCUT2D eigenvalue weighted by Gasteiger charge is -2.20. The lowest BCUT2D eigenvalue weighted by molar-refractivity contribution is -0.137. The SMILES string of the molecule is Nc1ccc(C(=O)N(CC(=O)O)C2CC2)cc1Cl. The highest BCUT2D eigenvalue weighted by Crippen LogP contribution is 2.29. The second kappa shape index (κ2) is 4.86. The normalized spacial score (nSPS) is 14.3. The first-order chi connectivity index (χ1) is 8.49. The van der Waals surface area contributed by atoms with Crippen LogP contribution < -0.4 is 5.73 Å². The maximum absolute atomic E-state index is 12.2. The van der Waals surface area contributed by atoms with Crippen LogP contribution in [0.5, 0.6) is 0 Å². The van der Waals surface area contributed by atoms with Gasteiger partial charge in [-0.15, -0.1) is 0 Å². The monoisotopic (exact) mass is 268 g/mol. The van der Waals surface area contributed by atoms with Gasteiger partial charge in [-0.1, -0.05) is 11.6 Å². The molecule has 6 heteroatoms. The molecule has 0 saturated heterocycles. The number of carbonyl (C=O) groups is 2. The zero-order valence-electron chi connectivity index (χ0n) is 9.60. The van der Waals surface area contributed by atoms with Crippen LogP contribution in [-0.2, 0) is 4.79 Å². The van der Waals surface area contributed by atoms with Gasteiger partial charge in [0.05, 0.1) is 10.7 Å². The number of halogens is 1. The highest BCUT2D eigenvalue weighted by atomic mass is 35.5. The van der Waals surface area contributed by atoms with Gasteiger partial charge >= 0.3 is 5.97 Å². The molecule has 1 saturated carbocycles. The minimum Gasteiger partial charge on any atom is -0.480 e. The third kappa shape index (κ3) is 2.73. The van der Waals surface area contributed by atoms with Crippen molar-refractivity contribution in [2.45, 2.75) is 18.9 Å². The van der Waals surface area contributed by atoms with Gasteiger partial charge < -0.3 is 15.7 Å². The first-order valence-corrected chi connectivity index (χ1v) is 5.94. The number of rotatable bonds is 4. The highest BCUT2D eigenvalue weighted by molar-refractivity contribution is 6.33. The largest absolute Gasteiger partial charge is 0.480 e. The van der Waals surface area contributed by atoms with E-state index < -0.39 is 5.97 Å². The average Bonchev–Trinajstić information content (AvgIpc) is 3.12. The Kier molecular flexibility index (Phi) is 3.43. The number of carbonyl (C=O) groups excluding carboxylic acids is 1. The third-order valence-corrected chi connectivity index (χ3v) is 3.13. The molecular weight excluding hydrogens is 256 g/mol. The van der Waals surface area contributed by atoms with Crippen LogP contribution in [0.3, 0.4) is 0 Å². The summed E-state index contributed by atoms with van der Waals surface area (Å²) < 4.78 is 0. The van der Waals surface area contributed by atoms with E-state index in [-0.39, 0.29) is 18.5 Å². The predicted octanol–water partition coefficient (Wildman–Crippen LogP) is 1.61. The first kappa shape index (κ1) is 12.7. The van der Waals surface area contributed by atoms with Crippen LogP contribution in [0.1, 0.15) is 23.2 Å². The van der Waals surface area contributed by atoms with Gasteiger partial charge in [-0.3, -0.25) is 9.59 Å². The molecule has 1 aromatic carbocycles. The number of nitrogen functional groups attached to an aromatic ring is 1. The minimum atomic E-state index is -1.02. The number of nitrogens with zero attached hydrogens (tertiary/aromatic N) is 1. The van der Waals surface area contributed by atoms with E-state index in [0.29, 0.717) is 16.3 Å². The maximum atomic E-state index is 12.2. The van der Waals surface area contributed by atoms with E-state index in [9.17, 15) is 9.59 Å². The Morgan fingerprint density at radius 1 is 1.44 bits per heavy atom. The number of hydrogen-bond acceptors (Lipinski definition) is 3. The van der Waals surface area contributed by atoms with E-state index in [1.807, 2.05) is 0 Å². The Hall–Kier alpha value is -1.75. The molecule has 0 bridgehead atoms. The molecule has 18 heavy (non-hydrogen) atoms. The third-order valence-electron chi connectivity index (χ3n) is 2.80. The van der Waals surface area contributed by atoms with Crippen molar-refractivity contribution in [3.05, 3.63) is 28.8 Å². The molecule has 0 unspecified atom stereocenters. The van der Waals surface area contributed by atoms with E-state index in [1.165, 1.54) is 11.0 Å². The van der Waals surface area contributed by atoms with Crippen molar-refractivity contribution in [3.8, 4) is 0 Å². The highest BCUT2D eigenvalue weighted by Gasteiger charge is 2.34. The summed E-state index contributed by atoms with van der Waals surface area (Å²) in [5, 5.41) is 9.11. The smallest absolute Gasteiger partial charge is 0.323 e. The Bertz CT molecular complexity index is 500. The predicted molar refractivity (Wildman–Crippen MR) is 67.6 cm³/mol. The van der Waals surface area contributed by atoms with Crippen LogP contribution in [-0.4, -0.2) is 34.5 Å². The van der Waals surface area contributed by atoms with Crippen molar-refractivity contribution in [2.75, 3.05) is 12.3 Å². The fourth-order valence-electron chi connectivity index (χ4n) is 1.72. The van der Waals surface area contributed by atoms with Gasteiger partial charge in [-0.25, -0.2) is 0 Å². The lowest BCUT2D eigenvalue weighted by Crippen LogP contribution is -2.37. The van der Waals surface area contributed by atoms with Gasteiger partial charge in [-0.2, -0.15) is 0 Å². The Morgan fingerprint density at radius 2 is 2.11 bits per heavy atom. The maximum Gasteiger partial charge on any atom is 0.323 e. The van der Waals surface area contributed by atoms with Crippen molar-refractivity contribution < 1.29 is 14.7 Å². The van der Waals surface area contributed by atoms with Gasteiger partial charge in [-0.05, 0) is 31.0 Å². The van der Waals surface area contributed by atoms with Crippen LogP contribution in [0.4, 0.5) is 5.69 Å². The molecule has 0 atom stereocenters. The number of amides is 1. The number of carboxylic acid groups (broad SMARTS) is 1. The van der Waals surface area contributed by atoms with Crippen LogP contribution in [0.25, 0.3) is 0 Å². The van der Waals surface area contributed by atoms with E-state index >= 15 is 0 Å². The second-order valence-corrected chi connectivity index (χ2v) is 4.70. The summed E-state index contributed by atoms with van der Waals surface area (Å²) in [6.45, 7) is -0.286. The summed E-state index contributed by atoms with van der Waals surface area (Å²) in [7, 11) is 0. The van der Waals surface area contributed by atoms with E-state index in [2.05, 4.69) is 0 Å². The molecule has 1 fully saturated rings. The summed E-state index contributed by atoms with van der Waals surface area (Å²) in [6.07, 6.45) is 1.70. The summed E-state index contributed by atoms with van der Waals surface area (Å²) in [4.78, 5) is 24.3. The molecule has 1 aliphatic rings. The molecule has 96 valence electrons. The van der Waals surface area contributed by atoms with Crippen molar-refractivity contribution in [3.63, 3.8) is 0 Å². The molecule has 0 spiro atoms. The second-order valence-electron chi connectivity index (χ2n) is 4.29. The number of anilines is 1. The van der Waals surface area contributed by atoms with E-state index in [4.69, 9.17) is 22.4 Å². The Morgan fingerprint density at radius 3 is 2.61 bits per heavy atom. The summed E-state index contributed by atoms with van der Waals surface area (Å²) in [5.74, 6) is -1.33. The quantitative estimate of drug-likeness (QED) is 0.813. The number of nitrogens with two attached hydrogens (primary N) is 1. The zero-order chi connectivity index (χ0) is 13.3. The standard InChI is InChI=1S/C12H13ClN2O3/c13-9-5-7(1-4-10(9)14)12(18)15(6-11(16)17)8-2-3-8/h1,4-5,8H,2-3,6,14H2,(H,16,17). The van der Waals surface area contributed by atoms with Crippen LogP contribution >= 0.6 is 11.6 Å². The molecule has 2 rings (SSSR count). The number of carboxylic acids is 1. The summed E-state index contributed by atoms with van der Waals surface area (Å²) in [6, 6.07) is 4.60. The fraction of sp³-hybridized carbons (Fsp3) is 0.333. The number of hydrogen-bond donors (Lipinski definition) is 2. The molecule has 1 aromatic rings. The summed E-state index contributed by atoms with van der Waals surface area (Å²) >= 11 is 5.85. The van der Waals surface area contributed by atoms with Gasteiger partial charge in [0.1, 0.15) is 6.54 Å². The molecule has 0 heterocycles. The van der Waals surface area contributed by atoms with Crippen LogP contribution in [0, 0.1) is 0 Å². The van der Waals surface area contributed by atoms with Gasteiger partial charge in [0.25, 0.3) is 5.91 Å². The lowest BCUT2D eigenvalue weighted by atomic mass is 10.1. The Labute approximate surface area is 109 Å². The first-order valence-electron chi connectivity index (χ1n) is 5.57. The molecule has 0 aliphatic heterocycles. The average molecular weight is 269 g/mol. The molecule has 3 N–H and O–H groups in total. The van der Waals surface area contributed by atoms with Crippen molar-refractivity contribution in [1.29, 1.82) is 0 Å². The zero-order valence-corrected chi connectivity index (χ0v) is 10.4. The number of aliphatic carboxylic acids is 1. The molecular formula is C12H13ClN2O3. The molecule has 1 amide bonds. The van der Waals surface area contributed by atoms with E-state index in [0.717, 1.165) is 12.8 Å². The Balaban J connectivity index is 2.21. The van der Waals surface area contributed by atoms with Gasteiger partial charge in [0.15, 0.2) is 0 Å². The number of benzene rings is 1. The van der Waals surface area contributed by atoms with E-state index in [1.54, 1.807) is 12.1 Å². The van der Waals surface area contributed by atoms with Crippen LogP contribution in [0.2, 0.25) is 5.02 Å². The van der Waals surface area contributed by atoms with Crippen molar-refractivity contribution >= 4 is 29.2 Å². The molecule has 0 radical (unpaired) electrons. The van der Waals surface area contributed by atoms with Gasteiger partial charge in [0.2, 0.25) is 0 Å². The van der Waals surface area contributed by atoms with Crippen molar-refractivity contribution in [2.24, 2.45) is 0 Å². The molecule has 5 nitrogen and oxygen atoms in total. The van der Waals surface area contributed by atoms with Crippen molar-refractivity contribution in [1.82, 2.24) is 4.90 Å².